The first-order valence-corrected chi connectivity index (χ1v) is 9.11. The second-order valence-electron chi connectivity index (χ2n) is 7.07. The van der Waals surface area contributed by atoms with Crippen molar-refractivity contribution in [2.45, 2.75) is 30.9 Å². The van der Waals surface area contributed by atoms with E-state index in [1.807, 2.05) is 35.2 Å². The first kappa shape index (κ1) is 17.6. The van der Waals surface area contributed by atoms with Crippen molar-refractivity contribution in [3.63, 3.8) is 0 Å². The maximum absolute atomic E-state index is 13.2. The second kappa shape index (κ2) is 7.43. The van der Waals surface area contributed by atoms with Gasteiger partial charge in [0.25, 0.3) is 0 Å². The van der Waals surface area contributed by atoms with E-state index in [1.54, 1.807) is 0 Å². The quantitative estimate of drug-likeness (QED) is 0.811. The van der Waals surface area contributed by atoms with Gasteiger partial charge >= 0.3 is 0 Å². The second-order valence-corrected chi connectivity index (χ2v) is 7.07. The van der Waals surface area contributed by atoms with Gasteiger partial charge in [-0.2, -0.15) is 0 Å². The van der Waals surface area contributed by atoms with Crippen LogP contribution >= 0.6 is 0 Å². The van der Waals surface area contributed by atoms with E-state index in [-0.39, 0.29) is 24.0 Å². The molecule has 142 valence electrons. The fraction of sp³-hybridized carbons (Fsp3) is 0.500. The van der Waals surface area contributed by atoms with Crippen molar-refractivity contribution >= 4 is 11.8 Å². The van der Waals surface area contributed by atoms with Gasteiger partial charge in [-0.05, 0) is 28.8 Å². The number of amides is 2. The van der Waals surface area contributed by atoms with Crippen LogP contribution in [0.3, 0.4) is 0 Å². The summed E-state index contributed by atoms with van der Waals surface area (Å²) in [6, 6.07) is 9.36. The van der Waals surface area contributed by atoms with E-state index in [1.165, 1.54) is 11.0 Å². The molecule has 1 spiro atoms. The molecular formula is C18H22N6O3. The summed E-state index contributed by atoms with van der Waals surface area (Å²) in [5.74, 6) is -0.0819. The summed E-state index contributed by atoms with van der Waals surface area (Å²) in [5, 5.41) is 14.2. The average molecular weight is 370 g/mol. The number of hydrogen-bond donors (Lipinski definition) is 1. The first-order valence-electron chi connectivity index (χ1n) is 9.11. The number of ether oxygens (including phenoxy) is 1. The predicted octanol–water partition coefficient (Wildman–Crippen LogP) is -0.0355. The number of benzene rings is 1. The Labute approximate surface area is 156 Å². The van der Waals surface area contributed by atoms with Gasteiger partial charge in [0, 0.05) is 26.1 Å². The van der Waals surface area contributed by atoms with Crippen molar-refractivity contribution in [1.29, 1.82) is 0 Å². The Hall–Kier alpha value is -2.81. The smallest absolute Gasteiger partial charge is 0.247 e. The van der Waals surface area contributed by atoms with E-state index in [2.05, 4.69) is 20.8 Å². The van der Waals surface area contributed by atoms with Crippen molar-refractivity contribution in [1.82, 2.24) is 30.4 Å². The summed E-state index contributed by atoms with van der Waals surface area (Å²) in [6.45, 7) is 1.77. The Morgan fingerprint density at radius 3 is 2.67 bits per heavy atom. The standard InChI is InChI=1S/C18H22N6O3/c25-16-11-27-18(12-19-16)6-8-23(9-7-18)17(26)15(24-13-20-21-22-24)10-14-4-2-1-3-5-14/h1-5,13,15H,6-12H2,(H,19,25). The van der Waals surface area contributed by atoms with Crippen LogP contribution in [0.2, 0.25) is 0 Å². The van der Waals surface area contributed by atoms with Crippen LogP contribution in [-0.4, -0.2) is 68.8 Å². The van der Waals surface area contributed by atoms with Gasteiger partial charge in [-0.3, -0.25) is 9.59 Å². The number of hydrogen-bond acceptors (Lipinski definition) is 6. The lowest BCUT2D eigenvalue weighted by Crippen LogP contribution is -2.58. The number of morpholine rings is 1. The van der Waals surface area contributed by atoms with Crippen LogP contribution < -0.4 is 5.32 Å². The molecule has 2 aliphatic rings. The van der Waals surface area contributed by atoms with Crippen molar-refractivity contribution in [3.05, 3.63) is 42.2 Å². The Morgan fingerprint density at radius 2 is 2.04 bits per heavy atom. The molecule has 3 heterocycles. The minimum absolute atomic E-state index is 0.000785. The summed E-state index contributed by atoms with van der Waals surface area (Å²) in [6.07, 6.45) is 3.41. The van der Waals surface area contributed by atoms with Gasteiger partial charge in [-0.25, -0.2) is 4.68 Å². The molecule has 9 nitrogen and oxygen atoms in total. The highest BCUT2D eigenvalue weighted by Crippen LogP contribution is 2.29. The third-order valence-corrected chi connectivity index (χ3v) is 5.34. The number of rotatable bonds is 4. The van der Waals surface area contributed by atoms with Gasteiger partial charge in [0.2, 0.25) is 11.8 Å². The number of carbonyl (C=O) groups excluding carboxylic acids is 2. The summed E-state index contributed by atoms with van der Waals surface area (Å²) in [7, 11) is 0. The van der Waals surface area contributed by atoms with E-state index in [4.69, 9.17) is 4.74 Å². The molecule has 2 saturated heterocycles. The molecule has 2 fully saturated rings. The van der Waals surface area contributed by atoms with E-state index in [0.29, 0.717) is 38.9 Å². The lowest BCUT2D eigenvalue weighted by molar-refractivity contribution is -0.155. The SMILES string of the molecule is O=C1COC2(CCN(C(=O)C(Cc3ccccc3)n3cnnn3)CC2)CN1. The minimum Gasteiger partial charge on any atom is -0.363 e. The first-order chi connectivity index (χ1) is 13.2. The molecule has 2 amide bonds. The lowest BCUT2D eigenvalue weighted by Gasteiger charge is -2.44. The molecular weight excluding hydrogens is 348 g/mol. The maximum Gasteiger partial charge on any atom is 0.247 e. The predicted molar refractivity (Wildman–Crippen MR) is 94.5 cm³/mol. The van der Waals surface area contributed by atoms with Crippen LogP contribution in [0, 0.1) is 0 Å². The van der Waals surface area contributed by atoms with Crippen LogP contribution in [0.15, 0.2) is 36.7 Å². The molecule has 2 aliphatic heterocycles. The molecule has 0 saturated carbocycles. The number of likely N-dealkylation sites (tertiary alicyclic amines) is 1. The molecule has 27 heavy (non-hydrogen) atoms. The Kier molecular flexibility index (Phi) is 4.85. The lowest BCUT2D eigenvalue weighted by atomic mass is 9.89. The van der Waals surface area contributed by atoms with Gasteiger partial charge in [-0.15, -0.1) is 5.10 Å². The third kappa shape index (κ3) is 3.82. The number of piperidine rings is 1. The number of tetrazole rings is 1. The minimum atomic E-state index is -0.483. The zero-order chi connectivity index (χ0) is 18.7. The zero-order valence-corrected chi connectivity index (χ0v) is 15.0. The van der Waals surface area contributed by atoms with Crippen molar-refractivity contribution in [2.75, 3.05) is 26.2 Å². The average Bonchev–Trinajstić information content (AvgIpc) is 3.24. The molecule has 1 aromatic heterocycles. The highest BCUT2D eigenvalue weighted by Gasteiger charge is 2.41. The molecule has 0 aliphatic carbocycles. The molecule has 0 radical (unpaired) electrons. The number of nitrogens with one attached hydrogen (secondary N) is 1. The van der Waals surface area contributed by atoms with Gasteiger partial charge in [0.15, 0.2) is 0 Å². The van der Waals surface area contributed by atoms with Gasteiger partial charge < -0.3 is 15.0 Å². The fourth-order valence-corrected chi connectivity index (χ4v) is 3.69. The molecule has 1 atom stereocenters. The Bertz CT molecular complexity index is 775. The van der Waals surface area contributed by atoms with Crippen LogP contribution in [0.1, 0.15) is 24.4 Å². The monoisotopic (exact) mass is 370 g/mol. The molecule has 2 aromatic rings. The van der Waals surface area contributed by atoms with E-state index < -0.39 is 6.04 Å². The van der Waals surface area contributed by atoms with Gasteiger partial charge in [0.1, 0.15) is 19.0 Å². The molecule has 1 N–H and O–H groups in total. The summed E-state index contributed by atoms with van der Waals surface area (Å²) in [4.78, 5) is 26.4. The van der Waals surface area contributed by atoms with Crippen LogP contribution in [0.5, 0.6) is 0 Å². The highest BCUT2D eigenvalue weighted by molar-refractivity contribution is 5.81. The topological polar surface area (TPSA) is 102 Å². The van der Waals surface area contributed by atoms with Gasteiger partial charge in [-0.1, -0.05) is 30.3 Å². The largest absolute Gasteiger partial charge is 0.363 e. The maximum atomic E-state index is 13.2. The molecule has 0 bridgehead atoms. The van der Waals surface area contributed by atoms with Crippen LogP contribution in [-0.2, 0) is 20.7 Å². The zero-order valence-electron chi connectivity index (χ0n) is 15.0. The number of carbonyl (C=O) groups is 2. The van der Waals surface area contributed by atoms with E-state index in [9.17, 15) is 9.59 Å². The Morgan fingerprint density at radius 1 is 1.26 bits per heavy atom. The number of aromatic nitrogens is 4. The molecule has 1 aromatic carbocycles. The number of nitrogens with zero attached hydrogens (tertiary/aromatic N) is 5. The third-order valence-electron chi connectivity index (χ3n) is 5.34. The highest BCUT2D eigenvalue weighted by atomic mass is 16.5. The van der Waals surface area contributed by atoms with Crippen molar-refractivity contribution in [2.24, 2.45) is 0 Å². The van der Waals surface area contributed by atoms with Crippen LogP contribution in [0.4, 0.5) is 0 Å². The van der Waals surface area contributed by atoms with E-state index >= 15 is 0 Å². The summed E-state index contributed by atoms with van der Waals surface area (Å²) in [5.41, 5.74) is 0.701. The Balaban J connectivity index is 1.45. The normalized spacial score (nSPS) is 20.3. The van der Waals surface area contributed by atoms with Crippen LogP contribution in [0.25, 0.3) is 0 Å². The van der Waals surface area contributed by atoms with E-state index in [0.717, 1.165) is 5.56 Å². The van der Waals surface area contributed by atoms with Gasteiger partial charge in [0.05, 0.1) is 5.60 Å². The van der Waals surface area contributed by atoms with Crippen molar-refractivity contribution < 1.29 is 14.3 Å². The fourth-order valence-electron chi connectivity index (χ4n) is 3.69. The summed E-state index contributed by atoms with van der Waals surface area (Å²) < 4.78 is 7.31. The summed E-state index contributed by atoms with van der Waals surface area (Å²) >= 11 is 0. The molecule has 1 unspecified atom stereocenters. The van der Waals surface area contributed by atoms with Crippen molar-refractivity contribution in [3.8, 4) is 0 Å². The molecule has 9 heteroatoms. The molecule has 4 rings (SSSR count).